The molecule has 0 spiro atoms. The quantitative estimate of drug-likeness (QED) is 0.332. The van der Waals surface area contributed by atoms with Crippen LogP contribution in [-0.2, 0) is 0 Å². The number of carbonyl (C=O) groups excluding carboxylic acids is 1. The summed E-state index contributed by atoms with van der Waals surface area (Å²) in [5, 5.41) is 4.16. The first-order chi connectivity index (χ1) is 17.7. The topological polar surface area (TPSA) is 92.3 Å². The SMILES string of the molecule is Nc1nccn2c(C3CCN(C(=O)c4csc5ccccc45)CC3)nc(-c3cc4ccccc4[nH]3)c12. The molecule has 1 fully saturated rings. The van der Waals surface area contributed by atoms with Gasteiger partial charge in [0.2, 0.25) is 0 Å². The van der Waals surface area contributed by atoms with Crippen LogP contribution < -0.4 is 5.73 Å². The van der Waals surface area contributed by atoms with Gasteiger partial charge in [0.15, 0.2) is 0 Å². The normalized spacial score (nSPS) is 14.8. The number of fused-ring (bicyclic) bond motifs is 3. The lowest BCUT2D eigenvalue weighted by molar-refractivity contribution is 0.0713. The van der Waals surface area contributed by atoms with Crippen molar-refractivity contribution < 1.29 is 4.79 Å². The van der Waals surface area contributed by atoms with Crippen molar-refractivity contribution in [3.63, 3.8) is 0 Å². The van der Waals surface area contributed by atoms with E-state index in [1.807, 2.05) is 46.8 Å². The average molecular weight is 493 g/mol. The van der Waals surface area contributed by atoms with Gasteiger partial charge in [-0.3, -0.25) is 9.20 Å². The van der Waals surface area contributed by atoms with Crippen molar-refractivity contribution in [2.24, 2.45) is 0 Å². The van der Waals surface area contributed by atoms with E-state index in [0.717, 1.165) is 62.1 Å². The van der Waals surface area contributed by atoms with Crippen LogP contribution in [0.4, 0.5) is 5.82 Å². The summed E-state index contributed by atoms with van der Waals surface area (Å²) in [5.74, 6) is 1.77. The third-order valence-corrected chi connectivity index (χ3v) is 8.22. The summed E-state index contributed by atoms with van der Waals surface area (Å²) >= 11 is 1.63. The number of rotatable bonds is 3. The van der Waals surface area contributed by atoms with Gasteiger partial charge in [0.05, 0.1) is 11.3 Å². The van der Waals surface area contributed by atoms with E-state index in [9.17, 15) is 4.79 Å². The minimum absolute atomic E-state index is 0.117. The summed E-state index contributed by atoms with van der Waals surface area (Å²) in [7, 11) is 0. The van der Waals surface area contributed by atoms with Crippen molar-refractivity contribution in [3.05, 3.63) is 83.8 Å². The highest BCUT2D eigenvalue weighted by Crippen LogP contribution is 2.36. The molecular weight excluding hydrogens is 468 g/mol. The van der Waals surface area contributed by atoms with E-state index in [2.05, 4.69) is 38.6 Å². The Morgan fingerprint density at radius 1 is 1.08 bits per heavy atom. The maximum atomic E-state index is 13.3. The Bertz CT molecular complexity index is 1720. The number of hydrogen-bond acceptors (Lipinski definition) is 5. The second-order valence-electron chi connectivity index (χ2n) is 9.33. The molecule has 5 heterocycles. The third kappa shape index (κ3) is 3.29. The number of nitrogens with zero attached hydrogens (tertiary/aromatic N) is 4. The van der Waals surface area contributed by atoms with Crippen LogP contribution in [-0.4, -0.2) is 43.2 Å². The summed E-state index contributed by atoms with van der Waals surface area (Å²) in [5.41, 5.74) is 10.8. The third-order valence-electron chi connectivity index (χ3n) is 7.25. The molecule has 0 radical (unpaired) electrons. The average Bonchev–Trinajstić information content (AvgIpc) is 3.63. The molecule has 1 amide bonds. The van der Waals surface area contributed by atoms with E-state index >= 15 is 0 Å². The number of aromatic amines is 1. The Morgan fingerprint density at radius 2 is 1.89 bits per heavy atom. The molecule has 1 saturated heterocycles. The number of benzene rings is 2. The number of nitrogens with two attached hydrogens (primary N) is 1. The van der Waals surface area contributed by atoms with Crippen molar-refractivity contribution in [1.29, 1.82) is 0 Å². The predicted molar refractivity (Wildman–Crippen MR) is 144 cm³/mol. The fourth-order valence-corrected chi connectivity index (χ4v) is 6.35. The van der Waals surface area contributed by atoms with Crippen molar-refractivity contribution in [3.8, 4) is 11.4 Å². The van der Waals surface area contributed by atoms with Gasteiger partial charge in [-0.25, -0.2) is 9.97 Å². The minimum atomic E-state index is 0.117. The van der Waals surface area contributed by atoms with E-state index in [-0.39, 0.29) is 11.8 Å². The van der Waals surface area contributed by atoms with Gasteiger partial charge in [0, 0.05) is 57.8 Å². The summed E-state index contributed by atoms with van der Waals surface area (Å²) in [6.07, 6.45) is 5.36. The Balaban J connectivity index is 1.20. The van der Waals surface area contributed by atoms with Crippen LogP contribution in [0.15, 0.2) is 72.4 Å². The van der Waals surface area contributed by atoms with Crippen LogP contribution in [0.5, 0.6) is 0 Å². The second kappa shape index (κ2) is 8.20. The molecule has 0 aliphatic carbocycles. The number of anilines is 1. The Labute approximate surface area is 211 Å². The molecule has 0 bridgehead atoms. The summed E-state index contributed by atoms with van der Waals surface area (Å²) in [6, 6.07) is 18.4. The number of H-pyrrole nitrogens is 1. The first kappa shape index (κ1) is 21.1. The van der Waals surface area contributed by atoms with Crippen LogP contribution in [0, 0.1) is 0 Å². The first-order valence-electron chi connectivity index (χ1n) is 12.1. The van der Waals surface area contributed by atoms with Crippen LogP contribution >= 0.6 is 11.3 Å². The van der Waals surface area contributed by atoms with Gasteiger partial charge < -0.3 is 15.6 Å². The van der Waals surface area contributed by atoms with E-state index in [4.69, 9.17) is 10.7 Å². The molecule has 3 N–H and O–H groups in total. The fourth-order valence-electron chi connectivity index (χ4n) is 5.42. The minimum Gasteiger partial charge on any atom is -0.382 e. The van der Waals surface area contributed by atoms with E-state index < -0.39 is 0 Å². The van der Waals surface area contributed by atoms with E-state index in [0.29, 0.717) is 18.9 Å². The number of nitrogens with one attached hydrogen (secondary N) is 1. The summed E-state index contributed by atoms with van der Waals surface area (Å²) in [4.78, 5) is 28.3. The number of likely N-dealkylation sites (tertiary alicyclic amines) is 1. The maximum Gasteiger partial charge on any atom is 0.255 e. The molecular formula is C28H24N6OS. The van der Waals surface area contributed by atoms with Gasteiger partial charge in [-0.15, -0.1) is 11.3 Å². The molecule has 8 heteroatoms. The Hall–Kier alpha value is -4.17. The number of thiophene rings is 1. The van der Waals surface area contributed by atoms with Crippen molar-refractivity contribution in [2.45, 2.75) is 18.8 Å². The molecule has 6 aromatic rings. The molecule has 1 aliphatic rings. The lowest BCUT2D eigenvalue weighted by atomic mass is 9.95. The lowest BCUT2D eigenvalue weighted by Crippen LogP contribution is -2.38. The number of piperidine rings is 1. The van der Waals surface area contributed by atoms with Gasteiger partial charge in [0.25, 0.3) is 5.91 Å². The van der Waals surface area contributed by atoms with Crippen molar-refractivity contribution >= 4 is 49.6 Å². The standard InChI is InChI=1S/C28H24N6OS/c29-26-25-24(22-15-18-5-1-3-7-21(18)31-22)32-27(34(25)14-11-30-26)17-9-12-33(13-10-17)28(35)20-16-36-23-8-4-2-6-19(20)23/h1-8,11,14-17,31H,9-10,12-13H2,(H2,29,30). The van der Waals surface area contributed by atoms with Crippen LogP contribution in [0.3, 0.4) is 0 Å². The highest BCUT2D eigenvalue weighted by Gasteiger charge is 2.29. The fraction of sp³-hybridized carbons (Fsp3) is 0.179. The molecule has 1 aliphatic heterocycles. The number of hydrogen-bond donors (Lipinski definition) is 2. The molecule has 36 heavy (non-hydrogen) atoms. The van der Waals surface area contributed by atoms with Crippen LogP contribution in [0.2, 0.25) is 0 Å². The Morgan fingerprint density at radius 3 is 2.75 bits per heavy atom. The number of imidazole rings is 1. The lowest BCUT2D eigenvalue weighted by Gasteiger charge is -2.31. The van der Waals surface area contributed by atoms with Gasteiger partial charge in [-0.1, -0.05) is 36.4 Å². The summed E-state index contributed by atoms with van der Waals surface area (Å²) < 4.78 is 3.23. The second-order valence-corrected chi connectivity index (χ2v) is 10.2. The molecule has 7 nitrogen and oxygen atoms in total. The first-order valence-corrected chi connectivity index (χ1v) is 13.0. The van der Waals surface area contributed by atoms with Gasteiger partial charge in [0.1, 0.15) is 22.9 Å². The van der Waals surface area contributed by atoms with Gasteiger partial charge in [-0.05, 0) is 31.0 Å². The van der Waals surface area contributed by atoms with Crippen molar-refractivity contribution in [2.75, 3.05) is 18.8 Å². The summed E-state index contributed by atoms with van der Waals surface area (Å²) in [6.45, 7) is 1.40. The molecule has 0 atom stereocenters. The Kier molecular flexibility index (Phi) is 4.82. The van der Waals surface area contributed by atoms with Crippen molar-refractivity contribution in [1.82, 2.24) is 24.3 Å². The van der Waals surface area contributed by atoms with Crippen LogP contribution in [0.1, 0.15) is 34.9 Å². The molecule has 7 rings (SSSR count). The van der Waals surface area contributed by atoms with Gasteiger partial charge in [-0.2, -0.15) is 0 Å². The predicted octanol–water partition coefficient (Wildman–Crippen LogP) is 5.69. The molecule has 178 valence electrons. The largest absolute Gasteiger partial charge is 0.382 e. The van der Waals surface area contributed by atoms with Gasteiger partial charge >= 0.3 is 0 Å². The number of para-hydroxylation sites is 1. The molecule has 4 aromatic heterocycles. The highest BCUT2D eigenvalue weighted by atomic mass is 32.1. The zero-order valence-electron chi connectivity index (χ0n) is 19.5. The van der Waals surface area contributed by atoms with E-state index in [1.165, 1.54) is 0 Å². The molecule has 2 aromatic carbocycles. The zero-order chi connectivity index (χ0) is 24.2. The maximum absolute atomic E-state index is 13.3. The van der Waals surface area contributed by atoms with E-state index in [1.54, 1.807) is 17.5 Å². The number of carbonyl (C=O) groups is 1. The molecule has 0 saturated carbocycles. The highest BCUT2D eigenvalue weighted by molar-refractivity contribution is 7.17. The number of nitrogen functional groups attached to an aromatic ring is 1. The monoisotopic (exact) mass is 492 g/mol. The number of amides is 1. The zero-order valence-corrected chi connectivity index (χ0v) is 20.3. The number of aromatic nitrogens is 4. The molecule has 0 unspecified atom stereocenters. The smallest absolute Gasteiger partial charge is 0.255 e. The van der Waals surface area contributed by atoms with Crippen LogP contribution in [0.25, 0.3) is 37.9 Å².